The maximum atomic E-state index is 13.7. The van der Waals surface area contributed by atoms with Crippen molar-refractivity contribution in [2.75, 3.05) is 12.0 Å². The first-order valence-corrected chi connectivity index (χ1v) is 9.66. The molecule has 1 N–H and O–H groups in total. The lowest BCUT2D eigenvalue weighted by molar-refractivity contribution is -0.132. The van der Waals surface area contributed by atoms with Gasteiger partial charge in [-0.3, -0.25) is 14.5 Å². The van der Waals surface area contributed by atoms with Crippen LogP contribution in [0, 0.1) is 12.7 Å². The zero-order chi connectivity index (χ0) is 22.3. The number of Topliss-reactive ketones (excluding diaryl/α,β-unsaturated/α-hetero) is 1. The molecular weight excluding hydrogens is 425 g/mol. The number of aliphatic hydroxyl groups is 1. The van der Waals surface area contributed by atoms with Gasteiger partial charge in [0.25, 0.3) is 11.7 Å². The van der Waals surface area contributed by atoms with E-state index >= 15 is 0 Å². The van der Waals surface area contributed by atoms with Crippen molar-refractivity contribution in [1.82, 2.24) is 0 Å². The normalized spacial score (nSPS) is 17.9. The molecule has 0 saturated carbocycles. The fourth-order valence-corrected chi connectivity index (χ4v) is 3.70. The third-order valence-electron chi connectivity index (χ3n) is 5.00. The van der Waals surface area contributed by atoms with E-state index in [1.165, 1.54) is 19.2 Å². The van der Waals surface area contributed by atoms with Gasteiger partial charge < -0.3 is 14.3 Å². The summed E-state index contributed by atoms with van der Waals surface area (Å²) in [6.45, 7) is 1.71. The Kier molecular flexibility index (Phi) is 5.29. The van der Waals surface area contributed by atoms with E-state index in [2.05, 4.69) is 0 Å². The van der Waals surface area contributed by atoms with Gasteiger partial charge in [0, 0.05) is 11.3 Å². The van der Waals surface area contributed by atoms with Crippen LogP contribution in [0.2, 0.25) is 5.02 Å². The van der Waals surface area contributed by atoms with Crippen molar-refractivity contribution in [2.45, 2.75) is 13.0 Å². The third-order valence-corrected chi connectivity index (χ3v) is 5.29. The molecule has 1 aliphatic rings. The molecule has 0 aliphatic carbocycles. The number of ketones is 1. The second-order valence-electron chi connectivity index (χ2n) is 6.95. The first kappa shape index (κ1) is 20.7. The van der Waals surface area contributed by atoms with Crippen LogP contribution in [0.25, 0.3) is 5.76 Å². The number of hydrogen-bond donors (Lipinski definition) is 1. The molecule has 1 atom stereocenters. The van der Waals surface area contributed by atoms with Crippen molar-refractivity contribution in [3.8, 4) is 5.75 Å². The Labute approximate surface area is 182 Å². The number of rotatable bonds is 4. The second kappa shape index (κ2) is 7.92. The molecule has 1 fully saturated rings. The van der Waals surface area contributed by atoms with Gasteiger partial charge in [0.1, 0.15) is 34.9 Å². The predicted molar refractivity (Wildman–Crippen MR) is 113 cm³/mol. The number of anilines is 1. The maximum Gasteiger partial charge on any atom is 0.300 e. The summed E-state index contributed by atoms with van der Waals surface area (Å²) in [4.78, 5) is 27.1. The Balaban J connectivity index is 1.94. The van der Waals surface area contributed by atoms with Gasteiger partial charge in [-0.2, -0.15) is 0 Å². The van der Waals surface area contributed by atoms with Gasteiger partial charge in [0.05, 0.1) is 17.7 Å². The lowest BCUT2D eigenvalue weighted by Crippen LogP contribution is -2.29. The Hall–Kier alpha value is -3.58. The molecule has 31 heavy (non-hydrogen) atoms. The highest BCUT2D eigenvalue weighted by Crippen LogP contribution is 2.43. The molecule has 6 nitrogen and oxygen atoms in total. The minimum atomic E-state index is -1.07. The van der Waals surface area contributed by atoms with Crippen LogP contribution in [0.15, 0.2) is 64.6 Å². The molecule has 1 saturated heterocycles. The standard InChI is InChI=1S/C23H17ClFNO5/c1-12-6-9-18(31-12)20-19(21(27)13-4-3-5-15(10-13)30-2)22(28)23(29)26(20)14-7-8-17(25)16(24)11-14/h3-11,20,27H,1-2H3/b21-19-. The van der Waals surface area contributed by atoms with Gasteiger partial charge in [-0.15, -0.1) is 0 Å². The van der Waals surface area contributed by atoms with E-state index in [-0.39, 0.29) is 27.8 Å². The molecule has 0 radical (unpaired) electrons. The van der Waals surface area contributed by atoms with Gasteiger partial charge in [-0.25, -0.2) is 4.39 Å². The van der Waals surface area contributed by atoms with Gasteiger partial charge in [-0.05, 0) is 49.4 Å². The fourth-order valence-electron chi connectivity index (χ4n) is 3.53. The predicted octanol–water partition coefficient (Wildman–Crippen LogP) is 5.02. The van der Waals surface area contributed by atoms with Crippen LogP contribution >= 0.6 is 11.6 Å². The van der Waals surface area contributed by atoms with Crippen molar-refractivity contribution in [3.05, 3.63) is 88.1 Å². The number of furan rings is 1. The molecule has 1 aromatic heterocycles. The van der Waals surface area contributed by atoms with Crippen LogP contribution in [-0.2, 0) is 9.59 Å². The Morgan fingerprint density at radius 2 is 1.94 bits per heavy atom. The molecule has 2 heterocycles. The van der Waals surface area contributed by atoms with Gasteiger partial charge >= 0.3 is 0 Å². The van der Waals surface area contributed by atoms with Crippen LogP contribution in [0.3, 0.4) is 0 Å². The second-order valence-corrected chi connectivity index (χ2v) is 7.36. The van der Waals surface area contributed by atoms with Crippen molar-refractivity contribution < 1.29 is 28.2 Å². The molecular formula is C23H17ClFNO5. The topological polar surface area (TPSA) is 80.0 Å². The van der Waals surface area contributed by atoms with Crippen molar-refractivity contribution in [3.63, 3.8) is 0 Å². The highest BCUT2D eigenvalue weighted by atomic mass is 35.5. The van der Waals surface area contributed by atoms with Crippen LogP contribution in [0.4, 0.5) is 10.1 Å². The lowest BCUT2D eigenvalue weighted by atomic mass is 9.99. The van der Waals surface area contributed by atoms with Crippen molar-refractivity contribution in [2.24, 2.45) is 0 Å². The fraction of sp³-hybridized carbons (Fsp3) is 0.130. The van der Waals surface area contributed by atoms with Crippen LogP contribution in [0.1, 0.15) is 23.1 Å². The number of methoxy groups -OCH3 is 1. The summed E-state index contributed by atoms with van der Waals surface area (Å²) in [6, 6.07) is 12.4. The number of aryl methyl sites for hydroxylation is 1. The third kappa shape index (κ3) is 3.57. The largest absolute Gasteiger partial charge is 0.507 e. The molecule has 1 aliphatic heterocycles. The molecule has 0 bridgehead atoms. The van der Waals surface area contributed by atoms with E-state index in [1.54, 1.807) is 43.3 Å². The minimum Gasteiger partial charge on any atom is -0.507 e. The molecule has 2 aromatic carbocycles. The molecule has 1 amide bonds. The van der Waals surface area contributed by atoms with Crippen LogP contribution < -0.4 is 9.64 Å². The van der Waals surface area contributed by atoms with Crippen molar-refractivity contribution >= 4 is 34.7 Å². The maximum absolute atomic E-state index is 13.7. The number of nitrogens with zero attached hydrogens (tertiary/aromatic N) is 1. The lowest BCUT2D eigenvalue weighted by Gasteiger charge is -2.23. The Morgan fingerprint density at radius 1 is 1.16 bits per heavy atom. The van der Waals surface area contributed by atoms with E-state index in [9.17, 15) is 19.1 Å². The Bertz CT molecular complexity index is 1230. The molecule has 0 spiro atoms. The average Bonchev–Trinajstić information content (AvgIpc) is 3.30. The molecule has 1 unspecified atom stereocenters. The summed E-state index contributed by atoms with van der Waals surface area (Å²) in [5, 5.41) is 10.8. The van der Waals surface area contributed by atoms with Gasteiger partial charge in [0.2, 0.25) is 0 Å². The minimum absolute atomic E-state index is 0.159. The smallest absolute Gasteiger partial charge is 0.300 e. The number of carbonyl (C=O) groups is 2. The zero-order valence-electron chi connectivity index (χ0n) is 16.6. The number of benzene rings is 2. The van der Waals surface area contributed by atoms with Crippen LogP contribution in [-0.4, -0.2) is 23.9 Å². The summed E-state index contributed by atoms with van der Waals surface area (Å²) >= 11 is 5.91. The number of carbonyl (C=O) groups excluding carboxylic acids is 2. The number of ether oxygens (including phenoxy) is 1. The van der Waals surface area contributed by atoms with Crippen molar-refractivity contribution in [1.29, 1.82) is 0 Å². The van der Waals surface area contributed by atoms with Gasteiger partial charge in [-0.1, -0.05) is 23.7 Å². The van der Waals surface area contributed by atoms with E-state index in [4.69, 9.17) is 20.8 Å². The summed E-state index contributed by atoms with van der Waals surface area (Å²) in [5.41, 5.74) is 0.327. The average molecular weight is 442 g/mol. The van der Waals surface area contributed by atoms with E-state index in [0.717, 1.165) is 11.0 Å². The van der Waals surface area contributed by atoms with E-state index in [0.29, 0.717) is 17.1 Å². The summed E-state index contributed by atoms with van der Waals surface area (Å²) < 4.78 is 24.6. The first-order chi connectivity index (χ1) is 14.8. The van der Waals surface area contributed by atoms with E-state index in [1.807, 2.05) is 0 Å². The SMILES string of the molecule is COc1cccc(/C(O)=C2/C(=O)C(=O)N(c3ccc(F)c(Cl)c3)C2c2ccc(C)o2)c1. The summed E-state index contributed by atoms with van der Waals surface area (Å²) in [5.74, 6) is -1.56. The molecule has 4 rings (SSSR count). The highest BCUT2D eigenvalue weighted by Gasteiger charge is 2.48. The molecule has 8 heteroatoms. The quantitative estimate of drug-likeness (QED) is 0.349. The number of aliphatic hydroxyl groups excluding tert-OH is 1. The monoisotopic (exact) mass is 441 g/mol. The molecule has 3 aromatic rings. The first-order valence-electron chi connectivity index (χ1n) is 9.28. The van der Waals surface area contributed by atoms with Crippen LogP contribution in [0.5, 0.6) is 5.75 Å². The summed E-state index contributed by atoms with van der Waals surface area (Å²) in [7, 11) is 1.47. The Morgan fingerprint density at radius 3 is 2.58 bits per heavy atom. The summed E-state index contributed by atoms with van der Waals surface area (Å²) in [6.07, 6.45) is 0. The zero-order valence-corrected chi connectivity index (χ0v) is 17.3. The number of hydrogen-bond acceptors (Lipinski definition) is 5. The van der Waals surface area contributed by atoms with Gasteiger partial charge in [0.15, 0.2) is 0 Å². The number of amides is 1. The molecule has 158 valence electrons. The highest BCUT2D eigenvalue weighted by molar-refractivity contribution is 6.51. The number of halogens is 2. The van der Waals surface area contributed by atoms with E-state index < -0.39 is 23.5 Å².